The van der Waals surface area contributed by atoms with E-state index in [2.05, 4.69) is 109 Å². The normalized spacial score (nSPS) is 16.6. The van der Waals surface area contributed by atoms with Gasteiger partial charge in [0.2, 0.25) is 0 Å². The fraction of sp³-hybridized carbons (Fsp3) is 0.360. The van der Waals surface area contributed by atoms with Crippen LogP contribution in [0.15, 0.2) is 83.0 Å². The van der Waals surface area contributed by atoms with Crippen molar-refractivity contribution in [2.75, 3.05) is 0 Å². The van der Waals surface area contributed by atoms with E-state index in [1.807, 2.05) is 0 Å². The molecule has 0 aliphatic heterocycles. The van der Waals surface area contributed by atoms with Crippen LogP contribution in [0.3, 0.4) is 0 Å². The first kappa shape index (κ1) is 18.9. The van der Waals surface area contributed by atoms with Crippen molar-refractivity contribution in [1.29, 1.82) is 0 Å². The van der Waals surface area contributed by atoms with Gasteiger partial charge in [-0.3, -0.25) is 0 Å². The minimum Gasteiger partial charge on any atom is -0.0650 e. The SMILES string of the molecule is CC1=C(C)C([Si](c2ccccc2)(c2ccccc2)C(C)(C)C)C(C)=C1C. The van der Waals surface area contributed by atoms with Gasteiger partial charge in [-0.05, 0) is 43.9 Å². The molecule has 136 valence electrons. The van der Waals surface area contributed by atoms with Gasteiger partial charge in [-0.2, -0.15) is 0 Å². The Balaban J connectivity index is 2.45. The lowest BCUT2D eigenvalue weighted by Crippen LogP contribution is -2.67. The van der Waals surface area contributed by atoms with Crippen molar-refractivity contribution in [3.05, 3.63) is 83.0 Å². The van der Waals surface area contributed by atoms with Crippen LogP contribution in [0.4, 0.5) is 0 Å². The third kappa shape index (κ3) is 2.65. The summed E-state index contributed by atoms with van der Waals surface area (Å²) in [6, 6.07) is 22.7. The molecule has 1 aliphatic rings. The Morgan fingerprint density at radius 3 is 1.27 bits per heavy atom. The molecule has 2 aromatic rings. The molecule has 3 rings (SSSR count). The molecule has 0 bridgehead atoms. The number of hydrogen-bond acceptors (Lipinski definition) is 0. The first-order chi connectivity index (χ1) is 12.2. The minimum absolute atomic E-state index is 0.188. The van der Waals surface area contributed by atoms with E-state index in [0.717, 1.165) is 0 Å². The number of benzene rings is 2. The summed E-state index contributed by atoms with van der Waals surface area (Å²) in [6.07, 6.45) is 0. The maximum Gasteiger partial charge on any atom is 0.134 e. The van der Waals surface area contributed by atoms with Gasteiger partial charge in [-0.1, -0.05) is 103 Å². The fourth-order valence-corrected chi connectivity index (χ4v) is 12.0. The molecule has 0 nitrogen and oxygen atoms in total. The quantitative estimate of drug-likeness (QED) is 0.580. The molecule has 0 N–H and O–H groups in total. The van der Waals surface area contributed by atoms with Gasteiger partial charge in [-0.25, -0.2) is 0 Å². The molecule has 0 spiro atoms. The highest BCUT2D eigenvalue weighted by molar-refractivity contribution is 7.06. The van der Waals surface area contributed by atoms with E-state index in [-0.39, 0.29) is 5.04 Å². The highest BCUT2D eigenvalue weighted by Crippen LogP contribution is 2.54. The first-order valence-corrected chi connectivity index (χ1v) is 11.8. The highest BCUT2D eigenvalue weighted by atomic mass is 28.3. The highest BCUT2D eigenvalue weighted by Gasteiger charge is 2.55. The number of hydrogen-bond donors (Lipinski definition) is 0. The molecule has 1 heteroatoms. The molecule has 0 unspecified atom stereocenters. The van der Waals surface area contributed by atoms with Gasteiger partial charge in [0.1, 0.15) is 8.07 Å². The van der Waals surface area contributed by atoms with Crippen LogP contribution in [-0.4, -0.2) is 8.07 Å². The Morgan fingerprint density at radius 2 is 0.962 bits per heavy atom. The summed E-state index contributed by atoms with van der Waals surface area (Å²) in [6.45, 7) is 16.8. The van der Waals surface area contributed by atoms with Gasteiger partial charge >= 0.3 is 0 Å². The lowest BCUT2D eigenvalue weighted by atomic mass is 10.1. The van der Waals surface area contributed by atoms with Crippen LogP contribution in [0.25, 0.3) is 0 Å². The zero-order chi connectivity index (χ0) is 19.1. The molecular weight excluding hydrogens is 328 g/mol. The zero-order valence-electron chi connectivity index (χ0n) is 17.4. The van der Waals surface area contributed by atoms with Crippen LogP contribution in [-0.2, 0) is 0 Å². The van der Waals surface area contributed by atoms with E-state index in [9.17, 15) is 0 Å². The van der Waals surface area contributed by atoms with Crippen molar-refractivity contribution >= 4 is 18.4 Å². The zero-order valence-corrected chi connectivity index (χ0v) is 18.4. The molecular formula is C25H32Si. The second-order valence-electron chi connectivity index (χ2n) is 8.84. The van der Waals surface area contributed by atoms with Crippen LogP contribution in [0.1, 0.15) is 48.5 Å². The maximum absolute atomic E-state index is 2.46. The van der Waals surface area contributed by atoms with Gasteiger partial charge in [-0.15, -0.1) is 0 Å². The smallest absolute Gasteiger partial charge is 0.0650 e. The molecule has 0 saturated heterocycles. The Kier molecular flexibility index (Phi) is 4.87. The Labute approximate surface area is 160 Å². The maximum atomic E-state index is 2.46. The van der Waals surface area contributed by atoms with E-state index in [0.29, 0.717) is 5.54 Å². The molecule has 26 heavy (non-hydrogen) atoms. The predicted molar refractivity (Wildman–Crippen MR) is 118 cm³/mol. The summed E-state index contributed by atoms with van der Waals surface area (Å²) in [5.41, 5.74) is 6.68. The van der Waals surface area contributed by atoms with Crippen molar-refractivity contribution in [1.82, 2.24) is 0 Å². The second kappa shape index (κ2) is 6.70. The third-order valence-electron chi connectivity index (χ3n) is 6.69. The molecule has 0 saturated carbocycles. The van der Waals surface area contributed by atoms with Gasteiger partial charge in [0, 0.05) is 5.54 Å². The molecule has 0 atom stereocenters. The van der Waals surface area contributed by atoms with Crippen molar-refractivity contribution < 1.29 is 0 Å². The lowest BCUT2D eigenvalue weighted by Gasteiger charge is -2.49. The molecule has 0 amide bonds. The summed E-state index contributed by atoms with van der Waals surface area (Å²) in [5.74, 6) is 0. The summed E-state index contributed by atoms with van der Waals surface area (Å²) in [5, 5.41) is 3.28. The van der Waals surface area contributed by atoms with E-state index in [4.69, 9.17) is 0 Å². The summed E-state index contributed by atoms with van der Waals surface area (Å²) < 4.78 is 0. The van der Waals surface area contributed by atoms with Crippen LogP contribution >= 0.6 is 0 Å². The molecule has 0 radical (unpaired) electrons. The van der Waals surface area contributed by atoms with Crippen molar-refractivity contribution in [3.8, 4) is 0 Å². The number of allylic oxidation sites excluding steroid dienone is 4. The first-order valence-electron chi connectivity index (χ1n) is 9.69. The van der Waals surface area contributed by atoms with Crippen LogP contribution in [0, 0.1) is 0 Å². The Bertz CT molecular complexity index is 785. The Morgan fingerprint density at radius 1 is 0.615 bits per heavy atom. The van der Waals surface area contributed by atoms with Crippen molar-refractivity contribution in [2.24, 2.45) is 0 Å². The summed E-state index contributed by atoms with van der Waals surface area (Å²) in [4.78, 5) is 0. The van der Waals surface area contributed by atoms with E-state index in [1.54, 1.807) is 21.5 Å². The van der Waals surface area contributed by atoms with E-state index < -0.39 is 8.07 Å². The molecule has 2 aromatic carbocycles. The summed E-state index contributed by atoms with van der Waals surface area (Å²) in [7, 11) is -2.14. The average molecular weight is 361 g/mol. The molecule has 0 fully saturated rings. The third-order valence-corrected chi connectivity index (χ3v) is 13.3. The molecule has 0 heterocycles. The van der Waals surface area contributed by atoms with Crippen LogP contribution < -0.4 is 10.4 Å². The minimum atomic E-state index is -2.14. The topological polar surface area (TPSA) is 0 Å². The number of rotatable bonds is 3. The largest absolute Gasteiger partial charge is 0.134 e. The summed E-state index contributed by atoms with van der Waals surface area (Å²) >= 11 is 0. The Hall–Kier alpha value is -1.86. The molecule has 1 aliphatic carbocycles. The van der Waals surface area contributed by atoms with Crippen molar-refractivity contribution in [3.63, 3.8) is 0 Å². The average Bonchev–Trinajstić information content (AvgIpc) is 2.81. The van der Waals surface area contributed by atoms with Crippen LogP contribution in [0.5, 0.6) is 0 Å². The monoisotopic (exact) mass is 360 g/mol. The molecule has 0 aromatic heterocycles. The van der Waals surface area contributed by atoms with E-state index >= 15 is 0 Å². The van der Waals surface area contributed by atoms with Gasteiger partial charge in [0.15, 0.2) is 0 Å². The van der Waals surface area contributed by atoms with Gasteiger partial charge < -0.3 is 0 Å². The lowest BCUT2D eigenvalue weighted by molar-refractivity contribution is 0.716. The predicted octanol–water partition coefficient (Wildman–Crippen LogP) is 6.11. The van der Waals surface area contributed by atoms with E-state index in [1.165, 1.54) is 11.1 Å². The van der Waals surface area contributed by atoms with Gasteiger partial charge in [0.25, 0.3) is 0 Å². The standard InChI is InChI=1S/C25H32Si/c1-18-19(2)21(4)24(20(18)3)26(25(5,6)7,22-14-10-8-11-15-22)23-16-12-9-13-17-23/h8-17,24H,1-7H3. The van der Waals surface area contributed by atoms with Gasteiger partial charge in [0.05, 0.1) is 0 Å². The fourth-order valence-electron chi connectivity index (χ4n) is 5.20. The van der Waals surface area contributed by atoms with Crippen molar-refractivity contribution in [2.45, 2.75) is 59.0 Å². The van der Waals surface area contributed by atoms with Crippen LogP contribution in [0.2, 0.25) is 10.6 Å². The second-order valence-corrected chi connectivity index (χ2v) is 13.7.